The molecule has 92 valence electrons. The highest BCUT2D eigenvalue weighted by Gasteiger charge is 2.38. The molecule has 3 rings (SSSR count). The van der Waals surface area contributed by atoms with Gasteiger partial charge in [0.1, 0.15) is 5.75 Å². The topological polar surface area (TPSA) is 61.7 Å². The number of hydrogen-bond acceptors (Lipinski definition) is 3. The Bertz CT molecular complexity index is 548. The predicted molar refractivity (Wildman–Crippen MR) is 68.4 cm³/mol. The summed E-state index contributed by atoms with van der Waals surface area (Å²) < 4.78 is 0. The van der Waals surface area contributed by atoms with Crippen molar-refractivity contribution >= 4 is 11.6 Å². The molecule has 0 saturated heterocycles. The third kappa shape index (κ3) is 1.79. The van der Waals surface area contributed by atoms with Crippen molar-refractivity contribution in [1.82, 2.24) is 5.43 Å². The maximum absolute atomic E-state index is 11.8. The van der Waals surface area contributed by atoms with E-state index in [1.165, 1.54) is 6.07 Å². The highest BCUT2D eigenvalue weighted by atomic mass is 16.3. The van der Waals surface area contributed by atoms with Crippen LogP contribution in [-0.2, 0) is 0 Å². The molecule has 0 aliphatic heterocycles. The predicted octanol–water partition coefficient (Wildman–Crippen LogP) is 2.07. The molecule has 18 heavy (non-hydrogen) atoms. The molecule has 2 unspecified atom stereocenters. The fraction of sp³-hybridized carbons (Fsp3) is 0.286. The van der Waals surface area contributed by atoms with Gasteiger partial charge in [0.15, 0.2) is 0 Å². The minimum absolute atomic E-state index is 0.0239. The van der Waals surface area contributed by atoms with Gasteiger partial charge in [-0.1, -0.05) is 24.3 Å². The van der Waals surface area contributed by atoms with E-state index >= 15 is 0 Å². The van der Waals surface area contributed by atoms with E-state index in [-0.39, 0.29) is 17.2 Å². The zero-order valence-corrected chi connectivity index (χ0v) is 9.84. The monoisotopic (exact) mass is 242 g/mol. The fourth-order valence-electron chi connectivity index (χ4n) is 2.51. The summed E-state index contributed by atoms with van der Waals surface area (Å²) in [5, 5.41) is 13.7. The Kier molecular flexibility index (Phi) is 2.63. The summed E-state index contributed by atoms with van der Waals surface area (Å²) in [6, 6.07) is 6.45. The molecule has 0 spiro atoms. The van der Waals surface area contributed by atoms with Crippen molar-refractivity contribution in [3.8, 4) is 5.75 Å². The number of rotatable bonds is 2. The normalized spacial score (nSPS) is 26.8. The molecule has 0 heterocycles. The first kappa shape index (κ1) is 11.0. The van der Waals surface area contributed by atoms with Gasteiger partial charge in [-0.15, -0.1) is 0 Å². The second kappa shape index (κ2) is 4.29. The maximum Gasteiger partial charge on any atom is 0.275 e. The van der Waals surface area contributed by atoms with Crippen LogP contribution in [0.5, 0.6) is 5.75 Å². The number of nitrogens with one attached hydrogen (secondary N) is 1. The summed E-state index contributed by atoms with van der Waals surface area (Å²) in [6.07, 6.45) is 6.34. The van der Waals surface area contributed by atoms with Gasteiger partial charge < -0.3 is 5.11 Å². The third-order valence-electron chi connectivity index (χ3n) is 3.61. The highest BCUT2D eigenvalue weighted by molar-refractivity contribution is 5.99. The smallest absolute Gasteiger partial charge is 0.275 e. The Balaban J connectivity index is 1.66. The van der Waals surface area contributed by atoms with Gasteiger partial charge in [0.2, 0.25) is 0 Å². The van der Waals surface area contributed by atoms with Crippen molar-refractivity contribution in [3.05, 3.63) is 42.0 Å². The third-order valence-corrected chi connectivity index (χ3v) is 3.61. The van der Waals surface area contributed by atoms with Crippen LogP contribution in [0.3, 0.4) is 0 Å². The Morgan fingerprint density at radius 2 is 2.22 bits per heavy atom. The standard InChI is InChI=1S/C14H14N2O2/c17-13-7-2-1-5-11(13)14(18)16-15-12-8-9-4-3-6-10(9)12/h1-5,7,9-10,17H,6,8H2,(H,16,18)/b15-12-. The zero-order chi connectivity index (χ0) is 12.5. The summed E-state index contributed by atoms with van der Waals surface area (Å²) in [5.41, 5.74) is 3.82. The minimum Gasteiger partial charge on any atom is -0.507 e. The highest BCUT2D eigenvalue weighted by Crippen LogP contribution is 2.40. The number of phenolic OH excluding ortho intramolecular Hbond substituents is 1. The number of benzene rings is 1. The Labute approximate surface area is 105 Å². The Morgan fingerprint density at radius 3 is 3.00 bits per heavy atom. The lowest BCUT2D eigenvalue weighted by atomic mass is 9.74. The number of phenols is 1. The number of hydrazone groups is 1. The average molecular weight is 242 g/mol. The molecule has 0 aromatic heterocycles. The van der Waals surface area contributed by atoms with Crippen LogP contribution in [0.2, 0.25) is 0 Å². The first-order valence-corrected chi connectivity index (χ1v) is 6.07. The van der Waals surface area contributed by atoms with Crippen molar-refractivity contribution in [3.63, 3.8) is 0 Å². The lowest BCUT2D eigenvalue weighted by molar-refractivity contribution is 0.0951. The maximum atomic E-state index is 11.8. The van der Waals surface area contributed by atoms with E-state index in [9.17, 15) is 9.90 Å². The van der Waals surface area contributed by atoms with E-state index in [4.69, 9.17) is 0 Å². The van der Waals surface area contributed by atoms with E-state index in [2.05, 4.69) is 22.7 Å². The number of aromatic hydroxyl groups is 1. The summed E-state index contributed by atoms with van der Waals surface area (Å²) in [6.45, 7) is 0. The van der Waals surface area contributed by atoms with E-state index < -0.39 is 0 Å². The van der Waals surface area contributed by atoms with Crippen LogP contribution in [-0.4, -0.2) is 16.7 Å². The quantitative estimate of drug-likeness (QED) is 0.616. The zero-order valence-electron chi connectivity index (χ0n) is 9.84. The molecule has 4 nitrogen and oxygen atoms in total. The summed E-state index contributed by atoms with van der Waals surface area (Å²) >= 11 is 0. The average Bonchev–Trinajstić information content (AvgIpc) is 2.71. The van der Waals surface area contributed by atoms with Gasteiger partial charge in [-0.05, 0) is 30.9 Å². The summed E-state index contributed by atoms with van der Waals surface area (Å²) in [4.78, 5) is 11.8. The van der Waals surface area contributed by atoms with Gasteiger partial charge in [-0.3, -0.25) is 4.79 Å². The molecule has 0 bridgehead atoms. The van der Waals surface area contributed by atoms with Gasteiger partial charge in [-0.2, -0.15) is 5.10 Å². The van der Waals surface area contributed by atoms with Crippen LogP contribution in [0.1, 0.15) is 23.2 Å². The van der Waals surface area contributed by atoms with Crippen LogP contribution in [0.25, 0.3) is 0 Å². The first-order chi connectivity index (χ1) is 8.75. The molecular formula is C14H14N2O2. The molecule has 1 amide bonds. The first-order valence-electron chi connectivity index (χ1n) is 6.07. The van der Waals surface area contributed by atoms with Crippen molar-refractivity contribution in [2.45, 2.75) is 12.8 Å². The molecule has 4 heteroatoms. The van der Waals surface area contributed by atoms with Crippen molar-refractivity contribution in [2.75, 3.05) is 0 Å². The number of fused-ring (bicyclic) bond motifs is 1. The van der Waals surface area contributed by atoms with Gasteiger partial charge >= 0.3 is 0 Å². The molecule has 2 aliphatic rings. The molecule has 0 radical (unpaired) electrons. The molecule has 2 atom stereocenters. The SMILES string of the molecule is O=C(N/N=C1/CC2C=CCC12)c1ccccc1O. The molecule has 1 aromatic carbocycles. The van der Waals surface area contributed by atoms with Crippen LogP contribution in [0.4, 0.5) is 0 Å². The largest absolute Gasteiger partial charge is 0.507 e. The van der Waals surface area contributed by atoms with Crippen molar-refractivity contribution in [1.29, 1.82) is 0 Å². The van der Waals surface area contributed by atoms with Gasteiger partial charge in [0.25, 0.3) is 5.91 Å². The Hall–Kier alpha value is -2.10. The Morgan fingerprint density at radius 1 is 1.39 bits per heavy atom. The molecule has 1 saturated carbocycles. The molecular weight excluding hydrogens is 228 g/mol. The summed E-state index contributed by atoms with van der Waals surface area (Å²) in [5.74, 6) is 0.708. The van der Waals surface area contributed by atoms with E-state index in [0.29, 0.717) is 11.8 Å². The van der Waals surface area contributed by atoms with Gasteiger partial charge in [-0.25, -0.2) is 5.43 Å². The van der Waals surface area contributed by atoms with Gasteiger partial charge in [0.05, 0.1) is 5.56 Å². The summed E-state index contributed by atoms with van der Waals surface area (Å²) in [7, 11) is 0. The number of carbonyl (C=O) groups is 1. The van der Waals surface area contributed by atoms with Gasteiger partial charge in [0, 0.05) is 11.6 Å². The van der Waals surface area contributed by atoms with E-state index in [0.717, 1.165) is 18.6 Å². The lowest BCUT2D eigenvalue weighted by Gasteiger charge is -2.31. The molecule has 2 aliphatic carbocycles. The number of para-hydroxylation sites is 1. The van der Waals surface area contributed by atoms with Crippen LogP contribution in [0, 0.1) is 11.8 Å². The lowest BCUT2D eigenvalue weighted by Crippen LogP contribution is -2.35. The van der Waals surface area contributed by atoms with Crippen LogP contribution < -0.4 is 5.43 Å². The molecule has 1 aromatic rings. The minimum atomic E-state index is -0.366. The molecule has 1 fully saturated rings. The number of hydrogen-bond donors (Lipinski definition) is 2. The van der Waals surface area contributed by atoms with E-state index in [1.54, 1.807) is 18.2 Å². The van der Waals surface area contributed by atoms with Crippen molar-refractivity contribution in [2.24, 2.45) is 16.9 Å². The fourth-order valence-corrected chi connectivity index (χ4v) is 2.51. The van der Waals surface area contributed by atoms with Crippen LogP contribution >= 0.6 is 0 Å². The van der Waals surface area contributed by atoms with E-state index in [1.807, 2.05) is 0 Å². The number of allylic oxidation sites excluding steroid dienone is 2. The van der Waals surface area contributed by atoms with Crippen molar-refractivity contribution < 1.29 is 9.90 Å². The number of nitrogens with zero attached hydrogens (tertiary/aromatic N) is 1. The molecule has 2 N–H and O–H groups in total. The van der Waals surface area contributed by atoms with Crippen LogP contribution in [0.15, 0.2) is 41.5 Å². The second-order valence-electron chi connectivity index (χ2n) is 4.70. The number of amides is 1. The second-order valence-corrected chi connectivity index (χ2v) is 4.70. The number of carbonyl (C=O) groups excluding carboxylic acids is 1.